The molecule has 0 bridgehead atoms. The Balaban J connectivity index is 1.83. The molecule has 22 heavy (non-hydrogen) atoms. The van der Waals surface area contributed by atoms with Crippen LogP contribution >= 0.6 is 11.6 Å². The molecule has 0 amide bonds. The molecule has 1 aromatic heterocycles. The lowest BCUT2D eigenvalue weighted by Gasteiger charge is -2.27. The fourth-order valence-corrected chi connectivity index (χ4v) is 3.05. The lowest BCUT2D eigenvalue weighted by atomic mass is 10.0. The zero-order valence-electron chi connectivity index (χ0n) is 12.1. The summed E-state index contributed by atoms with van der Waals surface area (Å²) in [5.41, 5.74) is 2.62. The first kappa shape index (κ1) is 14.9. The van der Waals surface area contributed by atoms with Gasteiger partial charge in [0.2, 0.25) is 0 Å². The maximum Gasteiger partial charge on any atom is 0.356 e. The summed E-state index contributed by atoms with van der Waals surface area (Å²) in [4.78, 5) is 13.3. The second kappa shape index (κ2) is 5.62. The summed E-state index contributed by atoms with van der Waals surface area (Å²) in [6.45, 7) is 1.86. The molecule has 6 nitrogen and oxygen atoms in total. The first-order valence-corrected chi connectivity index (χ1v) is 7.32. The molecule has 0 fully saturated rings. The summed E-state index contributed by atoms with van der Waals surface area (Å²) >= 11 is 5.93. The van der Waals surface area contributed by atoms with E-state index >= 15 is 0 Å². The molecule has 0 saturated carbocycles. The Hall–Kier alpha value is -2.05. The highest BCUT2D eigenvalue weighted by Gasteiger charge is 2.27. The Kier molecular flexibility index (Phi) is 3.80. The molecule has 1 aromatic carbocycles. The number of phenols is 1. The molecule has 0 aliphatic carbocycles. The van der Waals surface area contributed by atoms with Gasteiger partial charge in [-0.25, -0.2) is 4.79 Å². The molecule has 3 rings (SSSR count). The second-order valence-electron chi connectivity index (χ2n) is 5.41. The Bertz CT molecular complexity index is 742. The zero-order valence-corrected chi connectivity index (χ0v) is 12.8. The Morgan fingerprint density at radius 2 is 2.23 bits per heavy atom. The van der Waals surface area contributed by atoms with Crippen molar-refractivity contribution in [2.45, 2.75) is 19.5 Å². The minimum atomic E-state index is -0.988. The first-order chi connectivity index (χ1) is 10.5. The largest absolute Gasteiger partial charge is 0.506 e. The van der Waals surface area contributed by atoms with Crippen LogP contribution in [-0.4, -0.2) is 37.4 Å². The summed E-state index contributed by atoms with van der Waals surface area (Å²) in [5, 5.41) is 23.6. The molecule has 2 aromatic rings. The molecule has 2 heterocycles. The van der Waals surface area contributed by atoms with Crippen molar-refractivity contribution >= 4 is 17.6 Å². The van der Waals surface area contributed by atoms with Crippen LogP contribution in [0.3, 0.4) is 0 Å². The van der Waals surface area contributed by atoms with E-state index in [1.807, 2.05) is 6.07 Å². The number of aromatic carboxylic acids is 1. The number of hydrogen-bond donors (Lipinski definition) is 2. The predicted octanol–water partition coefficient (Wildman–Crippen LogP) is 2.04. The molecule has 0 atom stereocenters. The van der Waals surface area contributed by atoms with E-state index in [9.17, 15) is 15.0 Å². The maximum atomic E-state index is 11.2. The lowest BCUT2D eigenvalue weighted by Crippen LogP contribution is -2.31. The SMILES string of the molecule is Cn1nc(C(=O)O)c2c1CN(Cc1cccc(Cl)c1O)CC2. The smallest absolute Gasteiger partial charge is 0.356 e. The third-order valence-corrected chi connectivity index (χ3v) is 4.30. The summed E-state index contributed by atoms with van der Waals surface area (Å²) in [5.74, 6) is -0.885. The van der Waals surface area contributed by atoms with Crippen molar-refractivity contribution < 1.29 is 15.0 Å². The van der Waals surface area contributed by atoms with Crippen molar-refractivity contribution in [1.29, 1.82) is 0 Å². The number of phenolic OH excluding ortho intramolecular Hbond substituents is 1. The van der Waals surface area contributed by atoms with Gasteiger partial charge in [-0.15, -0.1) is 0 Å². The number of aryl methyl sites for hydroxylation is 1. The van der Waals surface area contributed by atoms with Crippen molar-refractivity contribution in [2.75, 3.05) is 6.54 Å². The van der Waals surface area contributed by atoms with Gasteiger partial charge in [0.25, 0.3) is 0 Å². The summed E-state index contributed by atoms with van der Waals surface area (Å²) in [7, 11) is 1.76. The van der Waals surface area contributed by atoms with Crippen LogP contribution in [0.5, 0.6) is 5.75 Å². The number of fused-ring (bicyclic) bond motifs is 1. The number of hydrogen-bond acceptors (Lipinski definition) is 4. The standard InChI is InChI=1S/C15H16ClN3O3/c1-18-12-8-19(6-5-10(12)13(17-18)15(21)22)7-9-3-2-4-11(16)14(9)20/h2-4,20H,5-8H2,1H3,(H,21,22). The van der Waals surface area contributed by atoms with Crippen LogP contribution in [-0.2, 0) is 26.6 Å². The van der Waals surface area contributed by atoms with Crippen molar-refractivity contribution in [3.63, 3.8) is 0 Å². The van der Waals surface area contributed by atoms with Crippen LogP contribution in [0.25, 0.3) is 0 Å². The van der Waals surface area contributed by atoms with E-state index in [0.29, 0.717) is 31.1 Å². The fraction of sp³-hybridized carbons (Fsp3) is 0.333. The highest BCUT2D eigenvalue weighted by atomic mass is 35.5. The van der Waals surface area contributed by atoms with Gasteiger partial charge in [-0.1, -0.05) is 23.7 Å². The van der Waals surface area contributed by atoms with Crippen LogP contribution in [0.2, 0.25) is 5.02 Å². The molecule has 2 N–H and O–H groups in total. The van der Waals surface area contributed by atoms with Crippen LogP contribution in [0.1, 0.15) is 27.3 Å². The number of benzene rings is 1. The van der Waals surface area contributed by atoms with Gasteiger partial charge in [-0.3, -0.25) is 9.58 Å². The van der Waals surface area contributed by atoms with Gasteiger partial charge in [0, 0.05) is 37.8 Å². The molecule has 1 aliphatic heterocycles. The molecule has 7 heteroatoms. The minimum absolute atomic E-state index is 0.103. The summed E-state index contributed by atoms with van der Waals surface area (Å²) in [6, 6.07) is 5.29. The van der Waals surface area contributed by atoms with E-state index in [4.69, 9.17) is 11.6 Å². The molecule has 0 unspecified atom stereocenters. The lowest BCUT2D eigenvalue weighted by molar-refractivity contribution is 0.0688. The molecule has 0 saturated heterocycles. The first-order valence-electron chi connectivity index (χ1n) is 6.94. The van der Waals surface area contributed by atoms with Crippen molar-refractivity contribution in [1.82, 2.24) is 14.7 Å². The average Bonchev–Trinajstić information content (AvgIpc) is 2.81. The van der Waals surface area contributed by atoms with Crippen LogP contribution in [0.15, 0.2) is 18.2 Å². The van der Waals surface area contributed by atoms with Gasteiger partial charge in [-0.2, -0.15) is 5.10 Å². The Labute approximate surface area is 132 Å². The van der Waals surface area contributed by atoms with E-state index in [1.54, 1.807) is 23.9 Å². The Morgan fingerprint density at radius 3 is 2.95 bits per heavy atom. The number of halogens is 1. The molecule has 116 valence electrons. The number of para-hydroxylation sites is 1. The monoisotopic (exact) mass is 321 g/mol. The van der Waals surface area contributed by atoms with E-state index in [-0.39, 0.29) is 11.4 Å². The molecule has 0 radical (unpaired) electrons. The maximum absolute atomic E-state index is 11.2. The number of carboxylic acids is 1. The topological polar surface area (TPSA) is 78.6 Å². The van der Waals surface area contributed by atoms with Gasteiger partial charge < -0.3 is 10.2 Å². The van der Waals surface area contributed by atoms with E-state index in [0.717, 1.165) is 16.8 Å². The summed E-state index contributed by atoms with van der Waals surface area (Å²) in [6.07, 6.45) is 0.631. The minimum Gasteiger partial charge on any atom is -0.506 e. The van der Waals surface area contributed by atoms with E-state index in [2.05, 4.69) is 10.00 Å². The highest BCUT2D eigenvalue weighted by molar-refractivity contribution is 6.32. The zero-order chi connectivity index (χ0) is 15.9. The number of aromatic nitrogens is 2. The van der Waals surface area contributed by atoms with Gasteiger partial charge in [0.05, 0.1) is 10.7 Å². The van der Waals surface area contributed by atoms with Gasteiger partial charge in [0.1, 0.15) is 5.75 Å². The quantitative estimate of drug-likeness (QED) is 0.904. The van der Waals surface area contributed by atoms with Crippen LogP contribution in [0, 0.1) is 0 Å². The number of rotatable bonds is 3. The van der Waals surface area contributed by atoms with Crippen molar-refractivity contribution in [2.24, 2.45) is 7.05 Å². The number of carbonyl (C=O) groups is 1. The number of aromatic hydroxyl groups is 1. The van der Waals surface area contributed by atoms with E-state index in [1.165, 1.54) is 0 Å². The third kappa shape index (κ3) is 2.55. The predicted molar refractivity (Wildman–Crippen MR) is 81.1 cm³/mol. The highest BCUT2D eigenvalue weighted by Crippen LogP contribution is 2.30. The van der Waals surface area contributed by atoms with Gasteiger partial charge in [-0.05, 0) is 12.5 Å². The van der Waals surface area contributed by atoms with E-state index < -0.39 is 5.97 Å². The van der Waals surface area contributed by atoms with Crippen LogP contribution in [0.4, 0.5) is 0 Å². The van der Waals surface area contributed by atoms with Gasteiger partial charge in [0.15, 0.2) is 5.69 Å². The molecular formula is C15H16ClN3O3. The second-order valence-corrected chi connectivity index (χ2v) is 5.82. The number of carboxylic acid groups (broad SMARTS) is 1. The Morgan fingerprint density at radius 1 is 1.45 bits per heavy atom. The summed E-state index contributed by atoms with van der Waals surface area (Å²) < 4.78 is 1.63. The van der Waals surface area contributed by atoms with Crippen molar-refractivity contribution in [3.8, 4) is 5.75 Å². The van der Waals surface area contributed by atoms with Crippen molar-refractivity contribution in [3.05, 3.63) is 45.7 Å². The fourth-order valence-electron chi connectivity index (χ4n) is 2.86. The average molecular weight is 322 g/mol. The molecule has 1 aliphatic rings. The van der Waals surface area contributed by atoms with Crippen LogP contribution < -0.4 is 0 Å². The molecular weight excluding hydrogens is 306 g/mol. The molecule has 0 spiro atoms. The number of nitrogens with zero attached hydrogens (tertiary/aromatic N) is 3. The third-order valence-electron chi connectivity index (χ3n) is 3.99. The normalized spacial score (nSPS) is 14.8. The van der Waals surface area contributed by atoms with Gasteiger partial charge >= 0.3 is 5.97 Å².